The largest absolute Gasteiger partial charge is 0.381 e. The van der Waals surface area contributed by atoms with E-state index in [1.165, 1.54) is 6.20 Å². The third kappa shape index (κ3) is 2.65. The van der Waals surface area contributed by atoms with Crippen molar-refractivity contribution in [3.8, 4) is 0 Å². The first-order valence-corrected chi connectivity index (χ1v) is 5.67. The minimum absolute atomic E-state index is 0.0653. The molecule has 0 aliphatic rings. The summed E-state index contributed by atoms with van der Waals surface area (Å²) in [7, 11) is 0. The quantitative estimate of drug-likeness (QED) is 0.913. The van der Waals surface area contributed by atoms with Crippen LogP contribution in [0.25, 0.3) is 0 Å². The Kier molecular flexibility index (Phi) is 3.44. The van der Waals surface area contributed by atoms with Crippen LogP contribution in [0.3, 0.4) is 0 Å². The molecule has 2 aromatic heterocycles. The summed E-state index contributed by atoms with van der Waals surface area (Å²) in [5.41, 5.74) is 5.26. The van der Waals surface area contributed by atoms with E-state index in [9.17, 15) is 8.78 Å². The molecule has 0 fully saturated rings. The van der Waals surface area contributed by atoms with Gasteiger partial charge in [0.1, 0.15) is 10.1 Å². The van der Waals surface area contributed by atoms with E-state index in [-0.39, 0.29) is 10.8 Å². The Hall–Kier alpha value is -1.40. The minimum atomic E-state index is -0.890. The number of hydrogen-bond acceptors (Lipinski definition) is 4. The van der Waals surface area contributed by atoms with Crippen LogP contribution in [-0.2, 0) is 0 Å². The maximum atomic E-state index is 13.4. The van der Waals surface area contributed by atoms with Crippen LogP contribution in [0.15, 0.2) is 34.4 Å². The predicted octanol–water partition coefficient (Wildman–Crippen LogP) is 3.14. The fourth-order valence-electron chi connectivity index (χ4n) is 1.07. The van der Waals surface area contributed by atoms with Gasteiger partial charge in [-0.15, -0.1) is 0 Å². The van der Waals surface area contributed by atoms with Gasteiger partial charge >= 0.3 is 0 Å². The molecule has 0 saturated carbocycles. The van der Waals surface area contributed by atoms with Crippen molar-refractivity contribution in [2.24, 2.45) is 0 Å². The number of aromatic nitrogens is 2. The number of hydrogen-bond donors (Lipinski definition) is 1. The molecule has 0 radical (unpaired) electrons. The Morgan fingerprint density at radius 1 is 1.24 bits per heavy atom. The average molecular weight is 274 g/mol. The SMILES string of the molecule is Nc1nc(Sc2ncccc2Cl)c(F)cc1F. The van der Waals surface area contributed by atoms with Crippen LogP contribution in [0, 0.1) is 11.6 Å². The van der Waals surface area contributed by atoms with E-state index in [0.717, 1.165) is 11.8 Å². The van der Waals surface area contributed by atoms with Crippen LogP contribution in [0.2, 0.25) is 5.02 Å². The van der Waals surface area contributed by atoms with Gasteiger partial charge in [0.2, 0.25) is 0 Å². The van der Waals surface area contributed by atoms with Crippen LogP contribution in [-0.4, -0.2) is 9.97 Å². The summed E-state index contributed by atoms with van der Waals surface area (Å²) in [6.07, 6.45) is 1.51. The fraction of sp³-hybridized carbons (Fsp3) is 0. The van der Waals surface area contributed by atoms with Gasteiger partial charge < -0.3 is 5.73 Å². The van der Waals surface area contributed by atoms with Crippen LogP contribution in [0.4, 0.5) is 14.6 Å². The molecule has 2 aromatic rings. The van der Waals surface area contributed by atoms with E-state index in [1.54, 1.807) is 12.1 Å². The van der Waals surface area contributed by atoms with E-state index in [2.05, 4.69) is 9.97 Å². The van der Waals surface area contributed by atoms with Gasteiger partial charge in [-0.25, -0.2) is 18.7 Å². The lowest BCUT2D eigenvalue weighted by Crippen LogP contribution is -1.99. The topological polar surface area (TPSA) is 51.8 Å². The third-order valence-corrected chi connectivity index (χ3v) is 3.26. The summed E-state index contributed by atoms with van der Waals surface area (Å²) in [6, 6.07) is 3.94. The molecular weight excluding hydrogens is 268 g/mol. The first-order chi connectivity index (χ1) is 8.08. The van der Waals surface area contributed by atoms with Crippen molar-refractivity contribution in [3.63, 3.8) is 0 Å². The second kappa shape index (κ2) is 4.85. The van der Waals surface area contributed by atoms with Crippen molar-refractivity contribution in [1.29, 1.82) is 0 Å². The molecule has 0 bridgehead atoms. The van der Waals surface area contributed by atoms with Gasteiger partial charge in [0, 0.05) is 12.3 Å². The number of rotatable bonds is 2. The van der Waals surface area contributed by atoms with Gasteiger partial charge in [0.15, 0.2) is 17.5 Å². The average Bonchev–Trinajstić information content (AvgIpc) is 2.29. The summed E-state index contributed by atoms with van der Waals surface area (Å²) in [5, 5.41) is 0.678. The number of nitrogen functional groups attached to an aromatic ring is 1. The molecule has 88 valence electrons. The number of pyridine rings is 2. The Labute approximate surface area is 105 Å². The zero-order valence-electron chi connectivity index (χ0n) is 8.32. The van der Waals surface area contributed by atoms with E-state index in [4.69, 9.17) is 17.3 Å². The van der Waals surface area contributed by atoms with Crippen LogP contribution >= 0.6 is 23.4 Å². The second-order valence-electron chi connectivity index (χ2n) is 3.03. The molecule has 0 unspecified atom stereocenters. The molecule has 0 aliphatic carbocycles. The van der Waals surface area contributed by atoms with Crippen LogP contribution in [0.1, 0.15) is 0 Å². The molecule has 3 nitrogen and oxygen atoms in total. The lowest BCUT2D eigenvalue weighted by atomic mass is 10.4. The highest BCUT2D eigenvalue weighted by atomic mass is 35.5. The monoisotopic (exact) mass is 273 g/mol. The summed E-state index contributed by atoms with van der Waals surface area (Å²) >= 11 is 6.75. The van der Waals surface area contributed by atoms with Gasteiger partial charge in [-0.1, -0.05) is 11.6 Å². The van der Waals surface area contributed by atoms with Crippen molar-refractivity contribution >= 4 is 29.2 Å². The van der Waals surface area contributed by atoms with Gasteiger partial charge in [-0.3, -0.25) is 0 Å². The standard InChI is InChI=1S/C10H6ClF2N3S/c11-5-2-1-3-15-9(5)17-10-7(13)4-6(12)8(14)16-10/h1-4H,(H2,14,16). The Morgan fingerprint density at radius 2 is 2.00 bits per heavy atom. The van der Waals surface area contributed by atoms with Crippen LogP contribution in [0.5, 0.6) is 0 Å². The van der Waals surface area contributed by atoms with E-state index >= 15 is 0 Å². The molecule has 0 amide bonds. The second-order valence-corrected chi connectivity index (χ2v) is 4.42. The van der Waals surface area contributed by atoms with Crippen molar-refractivity contribution in [2.75, 3.05) is 5.73 Å². The van der Waals surface area contributed by atoms with E-state index in [1.807, 2.05) is 0 Å². The van der Waals surface area contributed by atoms with Gasteiger partial charge in [0.25, 0.3) is 0 Å². The Bertz CT molecular complexity index is 565. The fourth-order valence-corrected chi connectivity index (χ4v) is 2.07. The smallest absolute Gasteiger partial charge is 0.168 e. The highest BCUT2D eigenvalue weighted by molar-refractivity contribution is 7.99. The normalized spacial score (nSPS) is 10.5. The zero-order chi connectivity index (χ0) is 12.4. The van der Waals surface area contributed by atoms with Crippen LogP contribution < -0.4 is 5.73 Å². The molecule has 0 atom stereocenters. The van der Waals surface area contributed by atoms with Gasteiger partial charge in [0.05, 0.1) is 5.02 Å². The van der Waals surface area contributed by atoms with Crippen molar-refractivity contribution in [3.05, 3.63) is 41.1 Å². The maximum Gasteiger partial charge on any atom is 0.168 e. The lowest BCUT2D eigenvalue weighted by molar-refractivity contribution is 0.552. The number of halogens is 3. The van der Waals surface area contributed by atoms with Crippen molar-refractivity contribution in [1.82, 2.24) is 9.97 Å². The molecule has 0 aliphatic heterocycles. The highest BCUT2D eigenvalue weighted by Gasteiger charge is 2.13. The molecule has 0 aromatic carbocycles. The summed E-state index contributed by atoms with van der Waals surface area (Å²) < 4.78 is 26.3. The first kappa shape index (κ1) is 12.1. The Balaban J connectivity index is 2.37. The zero-order valence-corrected chi connectivity index (χ0v) is 9.90. The highest BCUT2D eigenvalue weighted by Crippen LogP contribution is 2.32. The summed E-state index contributed by atoms with van der Waals surface area (Å²) in [5.74, 6) is -2.05. The predicted molar refractivity (Wildman–Crippen MR) is 61.9 cm³/mol. The molecule has 0 saturated heterocycles. The van der Waals surface area contributed by atoms with Gasteiger partial charge in [-0.05, 0) is 23.9 Å². The maximum absolute atomic E-state index is 13.4. The van der Waals surface area contributed by atoms with Crippen molar-refractivity contribution in [2.45, 2.75) is 10.1 Å². The molecule has 17 heavy (non-hydrogen) atoms. The van der Waals surface area contributed by atoms with Gasteiger partial charge in [-0.2, -0.15) is 0 Å². The molecule has 2 N–H and O–H groups in total. The molecular formula is C10H6ClF2N3S. The molecule has 2 rings (SSSR count). The van der Waals surface area contributed by atoms with E-state index < -0.39 is 11.6 Å². The number of anilines is 1. The van der Waals surface area contributed by atoms with Crippen molar-refractivity contribution < 1.29 is 8.78 Å². The Morgan fingerprint density at radius 3 is 2.71 bits per heavy atom. The first-order valence-electron chi connectivity index (χ1n) is 4.48. The number of nitrogens with two attached hydrogens (primary N) is 1. The summed E-state index contributed by atoms with van der Waals surface area (Å²) in [6.45, 7) is 0. The summed E-state index contributed by atoms with van der Waals surface area (Å²) in [4.78, 5) is 7.56. The number of nitrogens with zero attached hydrogens (tertiary/aromatic N) is 2. The molecule has 0 spiro atoms. The van der Waals surface area contributed by atoms with E-state index in [0.29, 0.717) is 16.1 Å². The third-order valence-electron chi connectivity index (χ3n) is 1.84. The molecule has 2 heterocycles. The lowest BCUT2D eigenvalue weighted by Gasteiger charge is -2.04. The minimum Gasteiger partial charge on any atom is -0.381 e. The molecule has 7 heteroatoms.